The van der Waals surface area contributed by atoms with Gasteiger partial charge in [-0.15, -0.1) is 0 Å². The number of hydrogen-bond acceptors (Lipinski definition) is 3. The fourth-order valence-corrected chi connectivity index (χ4v) is 2.79. The van der Waals surface area contributed by atoms with Gasteiger partial charge in [-0.3, -0.25) is 0 Å². The van der Waals surface area contributed by atoms with Crippen molar-refractivity contribution < 1.29 is 4.74 Å². The Morgan fingerprint density at radius 2 is 2.28 bits per heavy atom. The Hall–Kier alpha value is -1.03. The summed E-state index contributed by atoms with van der Waals surface area (Å²) < 4.78 is 7.27. The SMILES string of the molecule is COCCCn1ccnc1NC(C)C1CCCC1. The minimum atomic E-state index is 0.524. The minimum Gasteiger partial charge on any atom is -0.385 e. The molecule has 1 aliphatic carbocycles. The van der Waals surface area contributed by atoms with Crippen molar-refractivity contribution in [2.75, 3.05) is 19.0 Å². The average Bonchev–Trinajstić information content (AvgIpc) is 3.01. The molecule has 0 aliphatic heterocycles. The Morgan fingerprint density at radius 3 is 3.00 bits per heavy atom. The summed E-state index contributed by atoms with van der Waals surface area (Å²) in [6, 6.07) is 0.524. The maximum Gasteiger partial charge on any atom is 0.202 e. The van der Waals surface area contributed by atoms with E-state index >= 15 is 0 Å². The van der Waals surface area contributed by atoms with E-state index in [-0.39, 0.29) is 0 Å². The molecule has 1 N–H and O–H groups in total. The van der Waals surface area contributed by atoms with E-state index in [2.05, 4.69) is 21.8 Å². The molecule has 1 unspecified atom stereocenters. The molecule has 1 saturated carbocycles. The second-order valence-corrected chi connectivity index (χ2v) is 5.27. The topological polar surface area (TPSA) is 39.1 Å². The Morgan fingerprint density at radius 1 is 1.50 bits per heavy atom. The number of imidazole rings is 1. The van der Waals surface area contributed by atoms with E-state index in [0.717, 1.165) is 31.4 Å². The second kappa shape index (κ2) is 6.78. The standard InChI is InChI=1S/C14H25N3O/c1-12(13-6-3-4-7-13)16-14-15-8-10-17(14)9-5-11-18-2/h8,10,12-13H,3-7,9,11H2,1-2H3,(H,15,16). The third-order valence-corrected chi connectivity index (χ3v) is 3.93. The van der Waals surface area contributed by atoms with Crippen LogP contribution in [0.4, 0.5) is 5.95 Å². The molecule has 102 valence electrons. The van der Waals surface area contributed by atoms with Crippen LogP contribution in [0.5, 0.6) is 0 Å². The number of methoxy groups -OCH3 is 1. The van der Waals surface area contributed by atoms with Crippen molar-refractivity contribution in [1.82, 2.24) is 9.55 Å². The Kier molecular flexibility index (Phi) is 5.05. The molecular formula is C14H25N3O. The number of rotatable bonds is 7. The first-order valence-corrected chi connectivity index (χ1v) is 7.08. The molecule has 0 saturated heterocycles. The zero-order chi connectivity index (χ0) is 12.8. The lowest BCUT2D eigenvalue weighted by Gasteiger charge is -2.21. The van der Waals surface area contributed by atoms with Crippen molar-refractivity contribution in [1.29, 1.82) is 0 Å². The maximum absolute atomic E-state index is 5.09. The average molecular weight is 251 g/mol. The molecular weight excluding hydrogens is 226 g/mol. The summed E-state index contributed by atoms with van der Waals surface area (Å²) in [5, 5.41) is 3.57. The van der Waals surface area contributed by atoms with Gasteiger partial charge in [-0.25, -0.2) is 4.98 Å². The Bertz CT molecular complexity index is 345. The first kappa shape index (κ1) is 13.4. The molecule has 1 aromatic heterocycles. The Balaban J connectivity index is 1.86. The van der Waals surface area contributed by atoms with Crippen molar-refractivity contribution in [3.05, 3.63) is 12.4 Å². The fraction of sp³-hybridized carbons (Fsp3) is 0.786. The summed E-state index contributed by atoms with van der Waals surface area (Å²) in [5.41, 5.74) is 0. The van der Waals surface area contributed by atoms with Gasteiger partial charge in [-0.05, 0) is 32.1 Å². The van der Waals surface area contributed by atoms with Crippen LogP contribution in [0.1, 0.15) is 39.0 Å². The molecule has 0 amide bonds. The van der Waals surface area contributed by atoms with Gasteiger partial charge in [-0.1, -0.05) is 12.8 Å². The molecule has 0 radical (unpaired) electrons. The molecule has 1 aromatic rings. The van der Waals surface area contributed by atoms with Crippen LogP contribution in [0.25, 0.3) is 0 Å². The lowest BCUT2D eigenvalue weighted by Crippen LogP contribution is -2.25. The number of aromatic nitrogens is 2. The van der Waals surface area contributed by atoms with Crippen molar-refractivity contribution in [3.63, 3.8) is 0 Å². The number of nitrogens with one attached hydrogen (secondary N) is 1. The largest absolute Gasteiger partial charge is 0.385 e. The molecule has 0 bridgehead atoms. The number of aryl methyl sites for hydroxylation is 1. The fourth-order valence-electron chi connectivity index (χ4n) is 2.79. The molecule has 1 fully saturated rings. The molecule has 1 aliphatic rings. The quantitative estimate of drug-likeness (QED) is 0.757. The van der Waals surface area contributed by atoms with Crippen LogP contribution < -0.4 is 5.32 Å². The van der Waals surface area contributed by atoms with Gasteiger partial charge in [0.2, 0.25) is 5.95 Å². The van der Waals surface area contributed by atoms with E-state index < -0.39 is 0 Å². The highest BCUT2D eigenvalue weighted by Gasteiger charge is 2.22. The van der Waals surface area contributed by atoms with Gasteiger partial charge in [0, 0.05) is 38.7 Å². The predicted octanol–water partition coefficient (Wildman–Crippen LogP) is 2.91. The summed E-state index contributed by atoms with van der Waals surface area (Å²) in [6.45, 7) is 4.05. The van der Waals surface area contributed by atoms with Gasteiger partial charge in [0.25, 0.3) is 0 Å². The Labute approximate surface area is 110 Å². The van der Waals surface area contributed by atoms with Crippen molar-refractivity contribution in [2.24, 2.45) is 5.92 Å². The lowest BCUT2D eigenvalue weighted by atomic mass is 10.0. The molecule has 1 atom stereocenters. The highest BCUT2D eigenvalue weighted by atomic mass is 16.5. The van der Waals surface area contributed by atoms with Crippen LogP contribution in [0, 0.1) is 5.92 Å². The second-order valence-electron chi connectivity index (χ2n) is 5.27. The van der Waals surface area contributed by atoms with Gasteiger partial charge >= 0.3 is 0 Å². The molecule has 4 heteroatoms. The minimum absolute atomic E-state index is 0.524. The van der Waals surface area contributed by atoms with Crippen molar-refractivity contribution in [3.8, 4) is 0 Å². The normalized spacial score (nSPS) is 18.1. The predicted molar refractivity (Wildman–Crippen MR) is 73.8 cm³/mol. The number of hydrogen-bond donors (Lipinski definition) is 1. The summed E-state index contributed by atoms with van der Waals surface area (Å²) in [6.07, 6.45) is 10.4. The molecule has 1 heterocycles. The van der Waals surface area contributed by atoms with Crippen molar-refractivity contribution in [2.45, 2.75) is 51.6 Å². The van der Waals surface area contributed by atoms with Crippen molar-refractivity contribution >= 4 is 5.95 Å². The highest BCUT2D eigenvalue weighted by molar-refractivity contribution is 5.27. The first-order chi connectivity index (χ1) is 8.81. The van der Waals surface area contributed by atoms with Crippen LogP contribution in [0.2, 0.25) is 0 Å². The third-order valence-electron chi connectivity index (χ3n) is 3.93. The summed E-state index contributed by atoms with van der Waals surface area (Å²) in [7, 11) is 1.75. The van der Waals surface area contributed by atoms with Crippen LogP contribution in [0.3, 0.4) is 0 Å². The monoisotopic (exact) mass is 251 g/mol. The summed E-state index contributed by atoms with van der Waals surface area (Å²) in [4.78, 5) is 4.42. The van der Waals surface area contributed by atoms with Gasteiger partial charge in [0.05, 0.1) is 0 Å². The summed E-state index contributed by atoms with van der Waals surface area (Å²) >= 11 is 0. The van der Waals surface area contributed by atoms with E-state index in [9.17, 15) is 0 Å². The number of ether oxygens (including phenoxy) is 1. The zero-order valence-electron chi connectivity index (χ0n) is 11.6. The van der Waals surface area contributed by atoms with E-state index in [1.165, 1.54) is 25.7 Å². The van der Waals surface area contributed by atoms with Gasteiger partial charge in [-0.2, -0.15) is 0 Å². The van der Waals surface area contributed by atoms with E-state index in [4.69, 9.17) is 4.74 Å². The van der Waals surface area contributed by atoms with E-state index in [1.807, 2.05) is 12.4 Å². The molecule has 4 nitrogen and oxygen atoms in total. The third kappa shape index (κ3) is 3.48. The smallest absolute Gasteiger partial charge is 0.202 e. The van der Waals surface area contributed by atoms with Crippen LogP contribution in [-0.2, 0) is 11.3 Å². The van der Waals surface area contributed by atoms with E-state index in [0.29, 0.717) is 6.04 Å². The van der Waals surface area contributed by atoms with Gasteiger partial charge < -0.3 is 14.6 Å². The number of anilines is 1. The maximum atomic E-state index is 5.09. The summed E-state index contributed by atoms with van der Waals surface area (Å²) in [5.74, 6) is 1.82. The molecule has 0 spiro atoms. The van der Waals surface area contributed by atoms with Crippen LogP contribution >= 0.6 is 0 Å². The van der Waals surface area contributed by atoms with E-state index in [1.54, 1.807) is 7.11 Å². The van der Waals surface area contributed by atoms with Crippen LogP contribution in [0.15, 0.2) is 12.4 Å². The highest BCUT2D eigenvalue weighted by Crippen LogP contribution is 2.28. The first-order valence-electron chi connectivity index (χ1n) is 7.08. The van der Waals surface area contributed by atoms with Crippen LogP contribution in [-0.4, -0.2) is 29.3 Å². The zero-order valence-corrected chi connectivity index (χ0v) is 11.6. The van der Waals surface area contributed by atoms with Gasteiger partial charge in [0.15, 0.2) is 0 Å². The lowest BCUT2D eigenvalue weighted by molar-refractivity contribution is 0.190. The number of nitrogens with zero attached hydrogens (tertiary/aromatic N) is 2. The molecule has 18 heavy (non-hydrogen) atoms. The molecule has 0 aromatic carbocycles. The molecule has 2 rings (SSSR count). The van der Waals surface area contributed by atoms with Gasteiger partial charge in [0.1, 0.15) is 0 Å².